The standard InChI is InChI=1S/C11H18N2O2/c14-4-1-2-10-6-12-13(7-10)8-11-3-5-15-9-11/h6-7,11,14H,1-5,8-9H2/t11-/m1/s1. The van der Waals surface area contributed by atoms with Gasteiger partial charge in [0.1, 0.15) is 0 Å². The van der Waals surface area contributed by atoms with E-state index in [9.17, 15) is 0 Å². The molecule has 0 unspecified atom stereocenters. The number of hydrogen-bond acceptors (Lipinski definition) is 3. The Bertz CT molecular complexity index is 293. The fourth-order valence-electron chi connectivity index (χ4n) is 1.91. The van der Waals surface area contributed by atoms with E-state index in [0.717, 1.165) is 39.0 Å². The lowest BCUT2D eigenvalue weighted by molar-refractivity contribution is 0.181. The van der Waals surface area contributed by atoms with E-state index in [1.807, 2.05) is 10.9 Å². The molecule has 1 aromatic heterocycles. The van der Waals surface area contributed by atoms with Gasteiger partial charge in [0.15, 0.2) is 0 Å². The van der Waals surface area contributed by atoms with Crippen LogP contribution >= 0.6 is 0 Å². The maximum absolute atomic E-state index is 8.72. The average molecular weight is 210 g/mol. The molecule has 0 aromatic carbocycles. The van der Waals surface area contributed by atoms with Gasteiger partial charge in [0.25, 0.3) is 0 Å². The summed E-state index contributed by atoms with van der Waals surface area (Å²) in [5.41, 5.74) is 1.21. The minimum atomic E-state index is 0.252. The highest BCUT2D eigenvalue weighted by Gasteiger charge is 2.16. The van der Waals surface area contributed by atoms with Crippen LogP contribution in [0.5, 0.6) is 0 Å². The molecule has 1 fully saturated rings. The summed E-state index contributed by atoms with van der Waals surface area (Å²) in [5, 5.41) is 13.0. The van der Waals surface area contributed by atoms with Crippen LogP contribution in [-0.2, 0) is 17.7 Å². The van der Waals surface area contributed by atoms with Crippen LogP contribution in [0.3, 0.4) is 0 Å². The van der Waals surface area contributed by atoms with Gasteiger partial charge in [0.05, 0.1) is 12.8 Å². The van der Waals surface area contributed by atoms with Crippen molar-refractivity contribution in [2.24, 2.45) is 5.92 Å². The SMILES string of the molecule is OCCCc1cnn(C[C@H]2CCOC2)c1. The average Bonchev–Trinajstić information content (AvgIpc) is 2.87. The Labute approximate surface area is 89.9 Å². The van der Waals surface area contributed by atoms with E-state index < -0.39 is 0 Å². The van der Waals surface area contributed by atoms with Gasteiger partial charge in [-0.05, 0) is 24.8 Å². The lowest BCUT2D eigenvalue weighted by Gasteiger charge is -2.06. The van der Waals surface area contributed by atoms with E-state index in [1.54, 1.807) is 0 Å². The number of ether oxygens (including phenoxy) is 1. The van der Waals surface area contributed by atoms with Crippen molar-refractivity contribution in [3.05, 3.63) is 18.0 Å². The summed E-state index contributed by atoms with van der Waals surface area (Å²) in [7, 11) is 0. The predicted octanol–water partition coefficient (Wildman–Crippen LogP) is 0.845. The number of aromatic nitrogens is 2. The molecule has 0 saturated carbocycles. The van der Waals surface area contributed by atoms with Crippen LogP contribution in [0.4, 0.5) is 0 Å². The first kappa shape index (κ1) is 10.6. The number of nitrogens with zero attached hydrogens (tertiary/aromatic N) is 2. The molecule has 1 saturated heterocycles. The third-order valence-corrected chi connectivity index (χ3v) is 2.78. The molecule has 4 nitrogen and oxygen atoms in total. The first-order valence-electron chi connectivity index (χ1n) is 5.58. The summed E-state index contributed by atoms with van der Waals surface area (Å²) < 4.78 is 7.32. The maximum atomic E-state index is 8.72. The smallest absolute Gasteiger partial charge is 0.0521 e. The summed E-state index contributed by atoms with van der Waals surface area (Å²) in [5.74, 6) is 0.621. The van der Waals surface area contributed by atoms with E-state index in [0.29, 0.717) is 5.92 Å². The van der Waals surface area contributed by atoms with Crippen LogP contribution in [0.1, 0.15) is 18.4 Å². The molecule has 0 radical (unpaired) electrons. The Hall–Kier alpha value is -0.870. The van der Waals surface area contributed by atoms with E-state index in [-0.39, 0.29) is 6.61 Å². The van der Waals surface area contributed by atoms with Crippen molar-refractivity contribution in [2.75, 3.05) is 19.8 Å². The first-order valence-corrected chi connectivity index (χ1v) is 5.58. The van der Waals surface area contributed by atoms with Gasteiger partial charge in [-0.1, -0.05) is 0 Å². The van der Waals surface area contributed by atoms with E-state index in [2.05, 4.69) is 11.3 Å². The van der Waals surface area contributed by atoms with E-state index in [4.69, 9.17) is 9.84 Å². The quantitative estimate of drug-likeness (QED) is 0.783. The maximum Gasteiger partial charge on any atom is 0.0521 e. The molecule has 0 spiro atoms. The molecule has 0 aliphatic carbocycles. The Balaban J connectivity index is 1.83. The lowest BCUT2D eigenvalue weighted by atomic mass is 10.1. The molecule has 1 N–H and O–H groups in total. The van der Waals surface area contributed by atoms with Gasteiger partial charge in [0, 0.05) is 31.9 Å². The zero-order valence-corrected chi connectivity index (χ0v) is 8.93. The Morgan fingerprint density at radius 3 is 3.27 bits per heavy atom. The lowest BCUT2D eigenvalue weighted by Crippen LogP contribution is -2.10. The normalized spacial score (nSPS) is 21.0. The van der Waals surface area contributed by atoms with Gasteiger partial charge in [-0.2, -0.15) is 5.10 Å². The van der Waals surface area contributed by atoms with Gasteiger partial charge >= 0.3 is 0 Å². The van der Waals surface area contributed by atoms with Crippen LogP contribution in [-0.4, -0.2) is 34.7 Å². The molecule has 0 bridgehead atoms. The third kappa shape index (κ3) is 3.04. The minimum absolute atomic E-state index is 0.252. The van der Waals surface area contributed by atoms with E-state index >= 15 is 0 Å². The van der Waals surface area contributed by atoms with Crippen molar-refractivity contribution in [1.29, 1.82) is 0 Å². The molecule has 2 heterocycles. The predicted molar refractivity (Wildman–Crippen MR) is 56.6 cm³/mol. The summed E-state index contributed by atoms with van der Waals surface area (Å²) in [6.45, 7) is 2.97. The number of aryl methyl sites for hydroxylation is 1. The molecule has 1 aromatic rings. The number of aliphatic hydroxyl groups is 1. The molecular weight excluding hydrogens is 192 g/mol. The summed E-state index contributed by atoms with van der Waals surface area (Å²) in [6.07, 6.45) is 6.85. The van der Waals surface area contributed by atoms with Crippen molar-refractivity contribution in [2.45, 2.75) is 25.8 Å². The van der Waals surface area contributed by atoms with Gasteiger partial charge in [-0.3, -0.25) is 4.68 Å². The Morgan fingerprint density at radius 1 is 1.60 bits per heavy atom. The van der Waals surface area contributed by atoms with Crippen molar-refractivity contribution in [3.63, 3.8) is 0 Å². The highest BCUT2D eigenvalue weighted by atomic mass is 16.5. The first-order chi connectivity index (χ1) is 7.38. The molecule has 1 aliphatic rings. The Morgan fingerprint density at radius 2 is 2.53 bits per heavy atom. The van der Waals surface area contributed by atoms with Crippen molar-refractivity contribution < 1.29 is 9.84 Å². The molecule has 4 heteroatoms. The largest absolute Gasteiger partial charge is 0.396 e. The van der Waals surface area contributed by atoms with Crippen LogP contribution in [0, 0.1) is 5.92 Å². The second-order valence-electron chi connectivity index (χ2n) is 4.13. The molecular formula is C11H18N2O2. The molecule has 0 amide bonds. The third-order valence-electron chi connectivity index (χ3n) is 2.78. The molecule has 1 atom stereocenters. The van der Waals surface area contributed by atoms with Crippen LogP contribution in [0.2, 0.25) is 0 Å². The molecule has 2 rings (SSSR count). The van der Waals surface area contributed by atoms with Crippen molar-refractivity contribution in [1.82, 2.24) is 9.78 Å². The second-order valence-corrected chi connectivity index (χ2v) is 4.13. The zero-order valence-electron chi connectivity index (χ0n) is 8.93. The summed E-state index contributed by atoms with van der Waals surface area (Å²) in [4.78, 5) is 0. The highest BCUT2D eigenvalue weighted by Crippen LogP contribution is 2.14. The fourth-order valence-corrected chi connectivity index (χ4v) is 1.91. The summed E-state index contributed by atoms with van der Waals surface area (Å²) in [6, 6.07) is 0. The van der Waals surface area contributed by atoms with Crippen LogP contribution in [0.25, 0.3) is 0 Å². The molecule has 1 aliphatic heterocycles. The second kappa shape index (κ2) is 5.28. The van der Waals surface area contributed by atoms with Gasteiger partial charge in [-0.25, -0.2) is 0 Å². The van der Waals surface area contributed by atoms with Crippen molar-refractivity contribution >= 4 is 0 Å². The number of rotatable bonds is 5. The molecule has 15 heavy (non-hydrogen) atoms. The van der Waals surface area contributed by atoms with Gasteiger partial charge < -0.3 is 9.84 Å². The van der Waals surface area contributed by atoms with Crippen molar-refractivity contribution in [3.8, 4) is 0 Å². The zero-order chi connectivity index (χ0) is 10.5. The van der Waals surface area contributed by atoms with Gasteiger partial charge in [-0.15, -0.1) is 0 Å². The van der Waals surface area contributed by atoms with E-state index in [1.165, 1.54) is 5.56 Å². The number of hydrogen-bond donors (Lipinski definition) is 1. The number of aliphatic hydroxyl groups excluding tert-OH is 1. The monoisotopic (exact) mass is 210 g/mol. The van der Waals surface area contributed by atoms with Crippen LogP contribution in [0.15, 0.2) is 12.4 Å². The fraction of sp³-hybridized carbons (Fsp3) is 0.727. The topological polar surface area (TPSA) is 47.3 Å². The minimum Gasteiger partial charge on any atom is -0.396 e. The van der Waals surface area contributed by atoms with Gasteiger partial charge in [0.2, 0.25) is 0 Å². The molecule has 84 valence electrons. The summed E-state index contributed by atoms with van der Waals surface area (Å²) >= 11 is 0. The highest BCUT2D eigenvalue weighted by molar-refractivity contribution is 5.03. The Kier molecular flexibility index (Phi) is 3.75. The van der Waals surface area contributed by atoms with Crippen LogP contribution < -0.4 is 0 Å².